The summed E-state index contributed by atoms with van der Waals surface area (Å²) in [6, 6.07) is 11.6. The van der Waals surface area contributed by atoms with E-state index in [4.69, 9.17) is 11.6 Å². The quantitative estimate of drug-likeness (QED) is 0.462. The fraction of sp³-hybridized carbons (Fsp3) is 0.333. The summed E-state index contributed by atoms with van der Waals surface area (Å²) in [7, 11) is -3.60. The second kappa shape index (κ2) is 9.54. The highest BCUT2D eigenvalue weighted by atomic mass is 35.5. The molecular weight excluding hydrogens is 478 g/mol. The maximum absolute atomic E-state index is 13.1. The highest BCUT2D eigenvalue weighted by Crippen LogP contribution is 2.27. The lowest BCUT2D eigenvalue weighted by atomic mass is 9.94. The van der Waals surface area contributed by atoms with Gasteiger partial charge in [0.2, 0.25) is 10.0 Å². The minimum Gasteiger partial charge on any atom is -0.312 e. The zero-order chi connectivity index (χ0) is 23.8. The van der Waals surface area contributed by atoms with Crippen LogP contribution in [0.15, 0.2) is 65.0 Å². The first kappa shape index (κ1) is 23.9. The normalized spacial score (nSPS) is 20.3. The van der Waals surface area contributed by atoms with Gasteiger partial charge < -0.3 is 4.57 Å². The highest BCUT2D eigenvalue weighted by Gasteiger charge is 2.31. The summed E-state index contributed by atoms with van der Waals surface area (Å²) < 4.78 is 30.5. The second-order valence-electron chi connectivity index (χ2n) is 8.61. The van der Waals surface area contributed by atoms with E-state index < -0.39 is 15.9 Å². The Kier molecular flexibility index (Phi) is 6.91. The number of piperidine rings is 1. The third kappa shape index (κ3) is 4.99. The van der Waals surface area contributed by atoms with Crippen LogP contribution in [0, 0.1) is 11.8 Å². The predicted molar refractivity (Wildman–Crippen MR) is 133 cm³/mol. The molecule has 0 bridgehead atoms. The van der Waals surface area contributed by atoms with Gasteiger partial charge in [0.05, 0.1) is 15.1 Å². The molecule has 2 unspecified atom stereocenters. The maximum atomic E-state index is 13.1. The standard InChI is InChI=1S/C24H26ClN3O3S2/c1-4-11-28-21-10-7-19(25)13-22(21)32-24(28)26-23(29)18-5-8-20(9-6-18)33(30,31)27-14-16(2)12-17(3)15-27/h4-10,13,16-17H,1,11-12,14-15H2,2-3H3. The summed E-state index contributed by atoms with van der Waals surface area (Å²) in [6.07, 6.45) is 2.77. The Bertz CT molecular complexity index is 1360. The Balaban J connectivity index is 1.64. The van der Waals surface area contributed by atoms with Crippen molar-refractivity contribution in [2.24, 2.45) is 16.8 Å². The topological polar surface area (TPSA) is 71.7 Å². The number of benzene rings is 2. The van der Waals surface area contributed by atoms with Crippen LogP contribution in [0.4, 0.5) is 0 Å². The molecule has 1 aromatic heterocycles. The molecule has 2 aromatic carbocycles. The number of halogens is 1. The van der Waals surface area contributed by atoms with Crippen LogP contribution in [-0.4, -0.2) is 36.3 Å². The van der Waals surface area contributed by atoms with Crippen LogP contribution in [0.2, 0.25) is 5.02 Å². The minimum atomic E-state index is -3.60. The molecule has 33 heavy (non-hydrogen) atoms. The van der Waals surface area contributed by atoms with Crippen LogP contribution in [0.5, 0.6) is 0 Å². The molecule has 1 aliphatic rings. The first-order valence-electron chi connectivity index (χ1n) is 10.8. The van der Waals surface area contributed by atoms with Crippen molar-refractivity contribution in [2.45, 2.75) is 31.7 Å². The summed E-state index contributed by atoms with van der Waals surface area (Å²) in [5.74, 6) is 0.206. The van der Waals surface area contributed by atoms with E-state index in [-0.39, 0.29) is 4.90 Å². The zero-order valence-electron chi connectivity index (χ0n) is 18.6. The zero-order valence-corrected chi connectivity index (χ0v) is 21.0. The molecule has 1 saturated heterocycles. The number of allylic oxidation sites excluding steroid dienone is 1. The van der Waals surface area contributed by atoms with Gasteiger partial charge in [-0.05, 0) is 60.7 Å². The molecule has 0 saturated carbocycles. The van der Waals surface area contributed by atoms with Crippen molar-refractivity contribution in [3.05, 3.63) is 70.5 Å². The molecular formula is C24H26ClN3O3S2. The van der Waals surface area contributed by atoms with Gasteiger partial charge in [-0.15, -0.1) is 6.58 Å². The second-order valence-corrected chi connectivity index (χ2v) is 12.0. The summed E-state index contributed by atoms with van der Waals surface area (Å²) >= 11 is 7.48. The van der Waals surface area contributed by atoms with Gasteiger partial charge in [0.15, 0.2) is 4.80 Å². The Labute approximate surface area is 202 Å². The third-order valence-electron chi connectivity index (χ3n) is 5.73. The number of aromatic nitrogens is 1. The molecule has 4 rings (SSSR count). The molecule has 0 N–H and O–H groups in total. The van der Waals surface area contributed by atoms with Crippen LogP contribution in [-0.2, 0) is 16.6 Å². The molecule has 2 heterocycles. The van der Waals surface area contributed by atoms with Crippen molar-refractivity contribution in [1.82, 2.24) is 8.87 Å². The first-order valence-corrected chi connectivity index (χ1v) is 13.4. The fourth-order valence-corrected chi connectivity index (χ4v) is 7.30. The molecule has 6 nitrogen and oxygen atoms in total. The van der Waals surface area contributed by atoms with Gasteiger partial charge in [0.25, 0.3) is 5.91 Å². The van der Waals surface area contributed by atoms with Crippen LogP contribution < -0.4 is 4.80 Å². The van der Waals surface area contributed by atoms with E-state index in [2.05, 4.69) is 25.4 Å². The van der Waals surface area contributed by atoms with E-state index in [1.165, 1.54) is 35.6 Å². The van der Waals surface area contributed by atoms with E-state index in [0.29, 0.717) is 46.9 Å². The number of fused-ring (bicyclic) bond motifs is 1. The largest absolute Gasteiger partial charge is 0.312 e. The van der Waals surface area contributed by atoms with Gasteiger partial charge in [-0.3, -0.25) is 4.79 Å². The smallest absolute Gasteiger partial charge is 0.279 e. The van der Waals surface area contributed by atoms with E-state index in [0.717, 1.165) is 16.6 Å². The molecule has 1 amide bonds. The molecule has 1 aliphatic heterocycles. The minimum absolute atomic E-state index is 0.193. The number of nitrogens with zero attached hydrogens (tertiary/aromatic N) is 3. The lowest BCUT2D eigenvalue weighted by Gasteiger charge is -2.34. The number of amides is 1. The van der Waals surface area contributed by atoms with Crippen molar-refractivity contribution < 1.29 is 13.2 Å². The average molecular weight is 504 g/mol. The van der Waals surface area contributed by atoms with Gasteiger partial charge in [-0.1, -0.05) is 42.9 Å². The molecule has 0 aliphatic carbocycles. The van der Waals surface area contributed by atoms with Crippen LogP contribution in [0.25, 0.3) is 10.2 Å². The van der Waals surface area contributed by atoms with E-state index in [1.807, 2.05) is 16.7 Å². The fourth-order valence-electron chi connectivity index (χ4n) is 4.31. The number of hydrogen-bond acceptors (Lipinski definition) is 4. The summed E-state index contributed by atoms with van der Waals surface area (Å²) in [6.45, 7) is 9.46. The monoisotopic (exact) mass is 503 g/mol. The number of thiazole rings is 1. The maximum Gasteiger partial charge on any atom is 0.279 e. The number of carbonyl (C=O) groups excluding carboxylic acids is 1. The van der Waals surface area contributed by atoms with Crippen LogP contribution in [0.3, 0.4) is 0 Å². The molecule has 3 aromatic rings. The van der Waals surface area contributed by atoms with Crippen molar-refractivity contribution in [3.8, 4) is 0 Å². The van der Waals surface area contributed by atoms with E-state index in [1.54, 1.807) is 16.4 Å². The Morgan fingerprint density at radius 1 is 1.18 bits per heavy atom. The molecule has 0 spiro atoms. The lowest BCUT2D eigenvalue weighted by molar-refractivity contribution is 0.0997. The van der Waals surface area contributed by atoms with Gasteiger partial charge in [0, 0.05) is 30.2 Å². The van der Waals surface area contributed by atoms with Crippen molar-refractivity contribution >= 4 is 49.1 Å². The highest BCUT2D eigenvalue weighted by molar-refractivity contribution is 7.89. The third-order valence-corrected chi connectivity index (χ3v) is 8.85. The van der Waals surface area contributed by atoms with Gasteiger partial charge in [-0.25, -0.2) is 8.42 Å². The number of sulfonamides is 1. The molecule has 2 atom stereocenters. The lowest BCUT2D eigenvalue weighted by Crippen LogP contribution is -2.42. The SMILES string of the molecule is C=CCn1c(=NC(=O)c2ccc(S(=O)(=O)N3CC(C)CC(C)C3)cc2)sc2cc(Cl)ccc21. The summed E-state index contributed by atoms with van der Waals surface area (Å²) in [4.78, 5) is 17.9. The number of carbonyl (C=O) groups is 1. The van der Waals surface area contributed by atoms with Crippen LogP contribution >= 0.6 is 22.9 Å². The Morgan fingerprint density at radius 3 is 2.48 bits per heavy atom. The molecule has 0 radical (unpaired) electrons. The molecule has 174 valence electrons. The average Bonchev–Trinajstić information content (AvgIpc) is 3.09. The summed E-state index contributed by atoms with van der Waals surface area (Å²) in [5.41, 5.74) is 1.25. The van der Waals surface area contributed by atoms with Crippen molar-refractivity contribution in [3.63, 3.8) is 0 Å². The van der Waals surface area contributed by atoms with Gasteiger partial charge in [0.1, 0.15) is 0 Å². The summed E-state index contributed by atoms with van der Waals surface area (Å²) in [5, 5.41) is 0.613. The van der Waals surface area contributed by atoms with E-state index >= 15 is 0 Å². The van der Waals surface area contributed by atoms with Gasteiger partial charge >= 0.3 is 0 Å². The van der Waals surface area contributed by atoms with E-state index in [9.17, 15) is 13.2 Å². The van der Waals surface area contributed by atoms with Crippen molar-refractivity contribution in [1.29, 1.82) is 0 Å². The van der Waals surface area contributed by atoms with Crippen molar-refractivity contribution in [2.75, 3.05) is 13.1 Å². The number of hydrogen-bond donors (Lipinski definition) is 0. The van der Waals surface area contributed by atoms with Gasteiger partial charge in [-0.2, -0.15) is 9.30 Å². The Morgan fingerprint density at radius 2 is 1.85 bits per heavy atom. The first-order chi connectivity index (χ1) is 15.7. The Hall–Kier alpha value is -2.26. The predicted octanol–water partition coefficient (Wildman–Crippen LogP) is 4.95. The van der Waals surface area contributed by atoms with Crippen LogP contribution in [0.1, 0.15) is 30.6 Å². The molecule has 9 heteroatoms. The number of rotatable bonds is 5. The molecule has 1 fully saturated rings.